The third-order valence-corrected chi connectivity index (χ3v) is 8.23. The predicted octanol–water partition coefficient (Wildman–Crippen LogP) is 2.72. The fourth-order valence-corrected chi connectivity index (χ4v) is 5.67. The van der Waals surface area contributed by atoms with Crippen molar-refractivity contribution in [2.24, 2.45) is 17.8 Å². The first-order valence-electron chi connectivity index (χ1n) is 11.7. The topological polar surface area (TPSA) is 87.2 Å². The molecule has 1 amide bonds. The van der Waals surface area contributed by atoms with E-state index in [0.29, 0.717) is 24.4 Å². The van der Waals surface area contributed by atoms with E-state index in [1.165, 1.54) is 10.4 Å². The molecule has 182 valence electrons. The molecule has 1 N–H and O–H groups in total. The summed E-state index contributed by atoms with van der Waals surface area (Å²) in [6.07, 6.45) is 2.35. The van der Waals surface area contributed by atoms with Gasteiger partial charge in [0, 0.05) is 43.5 Å². The zero-order valence-corrected chi connectivity index (χ0v) is 21.1. The number of benzene rings is 1. The summed E-state index contributed by atoms with van der Waals surface area (Å²) in [4.78, 5) is 14.4. The van der Waals surface area contributed by atoms with Gasteiger partial charge in [-0.1, -0.05) is 32.6 Å². The zero-order valence-electron chi connectivity index (χ0n) is 20.2. The lowest BCUT2D eigenvalue weighted by atomic mass is 10.0. The van der Waals surface area contributed by atoms with E-state index in [2.05, 4.69) is 11.8 Å². The Morgan fingerprint density at radius 1 is 1.30 bits per heavy atom. The summed E-state index contributed by atoms with van der Waals surface area (Å²) < 4.78 is 34.6. The minimum absolute atomic E-state index is 0.0572. The minimum Gasteiger partial charge on any atom is -0.487 e. The molecular weight excluding hydrogens is 440 g/mol. The normalized spacial score (nSPS) is 23.4. The van der Waals surface area contributed by atoms with Crippen molar-refractivity contribution in [2.45, 2.75) is 64.0 Å². The van der Waals surface area contributed by atoms with Crippen molar-refractivity contribution in [2.75, 3.05) is 26.7 Å². The molecule has 3 rings (SSSR count). The Morgan fingerprint density at radius 2 is 2.00 bits per heavy atom. The fraction of sp³-hybridized carbons (Fsp3) is 0.640. The average molecular weight is 477 g/mol. The molecule has 1 fully saturated rings. The molecule has 1 aromatic rings. The summed E-state index contributed by atoms with van der Waals surface area (Å²) in [6.45, 7) is 7.84. The van der Waals surface area contributed by atoms with Crippen molar-refractivity contribution in [1.29, 1.82) is 0 Å². The van der Waals surface area contributed by atoms with Gasteiger partial charge in [-0.15, -0.1) is 0 Å². The molecule has 1 aliphatic heterocycles. The number of carbonyl (C=O) groups is 1. The first kappa shape index (κ1) is 25.5. The highest BCUT2D eigenvalue weighted by Gasteiger charge is 2.38. The molecule has 1 saturated carbocycles. The van der Waals surface area contributed by atoms with Crippen molar-refractivity contribution >= 4 is 15.9 Å². The molecule has 0 aromatic heterocycles. The maximum Gasteiger partial charge on any atom is 0.247 e. The number of hydrogen-bond donors (Lipinski definition) is 1. The van der Waals surface area contributed by atoms with Crippen LogP contribution >= 0.6 is 0 Å². The highest BCUT2D eigenvalue weighted by molar-refractivity contribution is 7.89. The van der Waals surface area contributed by atoms with Crippen LogP contribution in [0, 0.1) is 29.6 Å². The van der Waals surface area contributed by atoms with Crippen LogP contribution in [-0.4, -0.2) is 67.5 Å². The lowest BCUT2D eigenvalue weighted by Gasteiger charge is -2.37. The summed E-state index contributed by atoms with van der Waals surface area (Å²) in [6, 6.07) is 4.29. The van der Waals surface area contributed by atoms with Gasteiger partial charge in [0.15, 0.2) is 0 Å². The van der Waals surface area contributed by atoms with E-state index >= 15 is 0 Å². The summed E-state index contributed by atoms with van der Waals surface area (Å²) in [5.41, 5.74) is 0.671. The molecule has 1 heterocycles. The van der Waals surface area contributed by atoms with Crippen LogP contribution in [0.5, 0.6) is 5.75 Å². The Balaban J connectivity index is 1.99. The van der Waals surface area contributed by atoms with E-state index in [1.54, 1.807) is 31.0 Å². The van der Waals surface area contributed by atoms with E-state index in [1.807, 2.05) is 20.8 Å². The second-order valence-electron chi connectivity index (χ2n) is 9.75. The molecule has 2 aliphatic rings. The number of fused-ring (bicyclic) bond motifs is 1. The van der Waals surface area contributed by atoms with Crippen LogP contribution in [0.3, 0.4) is 0 Å². The van der Waals surface area contributed by atoms with Gasteiger partial charge in [-0.25, -0.2) is 8.42 Å². The number of ether oxygens (including phenoxy) is 1. The summed E-state index contributed by atoms with van der Waals surface area (Å²) in [5.74, 6) is 6.95. The molecule has 7 nitrogen and oxygen atoms in total. The number of rotatable bonds is 6. The van der Waals surface area contributed by atoms with Crippen LogP contribution in [0.4, 0.5) is 0 Å². The highest BCUT2D eigenvalue weighted by Crippen LogP contribution is 2.35. The molecule has 8 heteroatoms. The third-order valence-electron chi connectivity index (χ3n) is 6.21. The van der Waals surface area contributed by atoms with Gasteiger partial charge >= 0.3 is 0 Å². The molecule has 0 spiro atoms. The second-order valence-corrected chi connectivity index (χ2v) is 11.6. The van der Waals surface area contributed by atoms with Crippen molar-refractivity contribution in [3.63, 3.8) is 0 Å². The SMILES string of the molecule is CC(C)C#Cc1ccc2c(c1)O[C@@H](CN(C)C(=O)CC1CC1)[C@H](C)CN([C@@H](C)CO)S2(=O)=O. The van der Waals surface area contributed by atoms with Crippen LogP contribution in [0.1, 0.15) is 52.5 Å². The van der Waals surface area contributed by atoms with Crippen LogP contribution in [0.15, 0.2) is 23.1 Å². The van der Waals surface area contributed by atoms with Gasteiger partial charge in [-0.3, -0.25) is 4.79 Å². The van der Waals surface area contributed by atoms with Crippen molar-refractivity contribution < 1.29 is 23.1 Å². The average Bonchev–Trinajstić information content (AvgIpc) is 3.57. The molecule has 3 atom stereocenters. The lowest BCUT2D eigenvalue weighted by Crippen LogP contribution is -2.50. The van der Waals surface area contributed by atoms with Crippen LogP contribution in [-0.2, 0) is 14.8 Å². The van der Waals surface area contributed by atoms with E-state index < -0.39 is 22.2 Å². The van der Waals surface area contributed by atoms with Gasteiger partial charge in [-0.05, 0) is 43.9 Å². The zero-order chi connectivity index (χ0) is 24.3. The molecule has 0 saturated heterocycles. The van der Waals surface area contributed by atoms with Crippen LogP contribution in [0.2, 0.25) is 0 Å². The van der Waals surface area contributed by atoms with Crippen LogP contribution < -0.4 is 4.74 Å². The first-order valence-corrected chi connectivity index (χ1v) is 13.2. The monoisotopic (exact) mass is 476 g/mol. The molecule has 1 aliphatic carbocycles. The Labute approximate surface area is 198 Å². The van der Waals surface area contributed by atoms with Gasteiger partial charge in [0.2, 0.25) is 15.9 Å². The summed E-state index contributed by atoms with van der Waals surface area (Å²) >= 11 is 0. The highest BCUT2D eigenvalue weighted by atomic mass is 32.2. The molecular formula is C25H36N2O5S. The van der Waals surface area contributed by atoms with E-state index in [-0.39, 0.29) is 41.5 Å². The number of hydrogen-bond acceptors (Lipinski definition) is 5. The minimum atomic E-state index is -3.89. The van der Waals surface area contributed by atoms with Gasteiger partial charge in [0.25, 0.3) is 0 Å². The first-order chi connectivity index (χ1) is 15.5. The quantitative estimate of drug-likeness (QED) is 0.638. The third kappa shape index (κ3) is 6.28. The number of nitrogens with zero attached hydrogens (tertiary/aromatic N) is 2. The summed E-state index contributed by atoms with van der Waals surface area (Å²) in [7, 11) is -2.12. The lowest BCUT2D eigenvalue weighted by molar-refractivity contribution is -0.131. The molecule has 0 radical (unpaired) electrons. The van der Waals surface area contributed by atoms with Crippen LogP contribution in [0.25, 0.3) is 0 Å². The summed E-state index contributed by atoms with van der Waals surface area (Å²) in [5, 5.41) is 9.75. The van der Waals surface area contributed by atoms with Crippen molar-refractivity contribution in [3.8, 4) is 17.6 Å². The smallest absolute Gasteiger partial charge is 0.247 e. The maximum atomic E-state index is 13.5. The Morgan fingerprint density at radius 3 is 2.61 bits per heavy atom. The largest absolute Gasteiger partial charge is 0.487 e. The Bertz CT molecular complexity index is 1020. The standard InChI is InChI=1S/C25H36N2O5S/c1-17(2)6-7-20-10-11-24-22(12-20)32-23(15-26(5)25(29)13-21-8-9-21)18(3)14-27(19(4)16-28)33(24,30)31/h10-12,17-19,21,23,28H,8-9,13-16H2,1-5H3/t18-,19+,23+/m1/s1. The van der Waals surface area contributed by atoms with E-state index in [9.17, 15) is 18.3 Å². The molecule has 1 aromatic carbocycles. The number of aliphatic hydroxyl groups excluding tert-OH is 1. The Hall–Kier alpha value is -2.08. The number of aliphatic hydroxyl groups is 1. The molecule has 0 bridgehead atoms. The number of amides is 1. The number of carbonyl (C=O) groups excluding carboxylic acids is 1. The number of likely N-dealkylation sites (N-methyl/N-ethyl adjacent to an activating group) is 1. The van der Waals surface area contributed by atoms with Gasteiger partial charge in [0.05, 0.1) is 13.2 Å². The van der Waals surface area contributed by atoms with E-state index in [0.717, 1.165) is 12.8 Å². The fourth-order valence-electron chi connectivity index (χ4n) is 3.85. The van der Waals surface area contributed by atoms with Gasteiger partial charge in [-0.2, -0.15) is 4.31 Å². The van der Waals surface area contributed by atoms with E-state index in [4.69, 9.17) is 4.74 Å². The van der Waals surface area contributed by atoms with Crippen molar-refractivity contribution in [3.05, 3.63) is 23.8 Å². The molecule has 0 unspecified atom stereocenters. The maximum absolute atomic E-state index is 13.5. The second kappa shape index (κ2) is 10.5. The van der Waals surface area contributed by atoms with Gasteiger partial charge in [0.1, 0.15) is 16.7 Å². The Kier molecular flexibility index (Phi) is 8.09. The van der Waals surface area contributed by atoms with Crippen molar-refractivity contribution in [1.82, 2.24) is 9.21 Å². The number of sulfonamides is 1. The predicted molar refractivity (Wildman–Crippen MR) is 127 cm³/mol. The molecule has 33 heavy (non-hydrogen) atoms. The van der Waals surface area contributed by atoms with Gasteiger partial charge < -0.3 is 14.7 Å².